The van der Waals surface area contributed by atoms with E-state index in [0.29, 0.717) is 19.0 Å². The summed E-state index contributed by atoms with van der Waals surface area (Å²) in [4.78, 5) is 17.5. The van der Waals surface area contributed by atoms with E-state index in [1.54, 1.807) is 11.0 Å². The third kappa shape index (κ3) is 2.41. The molecule has 1 aromatic carbocycles. The van der Waals surface area contributed by atoms with Crippen molar-refractivity contribution >= 4 is 5.91 Å². The largest absolute Gasteiger partial charge is 0.338 e. The number of aromatic nitrogens is 1. The van der Waals surface area contributed by atoms with Gasteiger partial charge in [-0.1, -0.05) is 30.3 Å². The summed E-state index contributed by atoms with van der Waals surface area (Å²) >= 11 is 0. The number of carbonyl (C=O) groups excluding carboxylic acids is 1. The normalized spacial score (nSPS) is 18.2. The Bertz CT molecular complexity index is 615. The zero-order chi connectivity index (χ0) is 13.9. The average molecular weight is 270 g/mol. The molecule has 102 valence electrons. The van der Waals surface area contributed by atoms with E-state index in [-0.39, 0.29) is 11.5 Å². The zero-order valence-electron chi connectivity index (χ0n) is 11.0. The summed E-state index contributed by atoms with van der Waals surface area (Å²) in [5.41, 5.74) is 1.29. The van der Waals surface area contributed by atoms with Crippen LogP contribution in [0.5, 0.6) is 0 Å². The van der Waals surface area contributed by atoms with Gasteiger partial charge in [0.25, 0.3) is 5.91 Å². The minimum Gasteiger partial charge on any atom is -0.338 e. The van der Waals surface area contributed by atoms with Crippen LogP contribution in [0.15, 0.2) is 48.7 Å². The first kappa shape index (κ1) is 12.8. The van der Waals surface area contributed by atoms with Crippen molar-refractivity contribution < 1.29 is 9.18 Å². The first-order chi connectivity index (χ1) is 9.75. The Kier molecular flexibility index (Phi) is 3.46. The molecular formula is C16H15FN2O. The molecule has 1 aliphatic rings. The Hall–Kier alpha value is -2.23. The number of likely N-dealkylation sites (tertiary alicyclic amines) is 1. The predicted molar refractivity (Wildman–Crippen MR) is 73.9 cm³/mol. The van der Waals surface area contributed by atoms with Crippen LogP contribution in [0.25, 0.3) is 0 Å². The molecule has 3 rings (SSSR count). The summed E-state index contributed by atoms with van der Waals surface area (Å²) < 4.78 is 13.6. The van der Waals surface area contributed by atoms with Gasteiger partial charge < -0.3 is 4.90 Å². The number of hydrogen-bond donors (Lipinski definition) is 0. The second kappa shape index (κ2) is 5.41. The molecule has 1 saturated heterocycles. The van der Waals surface area contributed by atoms with Gasteiger partial charge in [0.2, 0.25) is 5.95 Å². The first-order valence-electron chi connectivity index (χ1n) is 6.70. The number of carbonyl (C=O) groups is 1. The Balaban J connectivity index is 1.75. The van der Waals surface area contributed by atoms with Gasteiger partial charge in [0.1, 0.15) is 0 Å². The van der Waals surface area contributed by atoms with Gasteiger partial charge in [-0.15, -0.1) is 0 Å². The van der Waals surface area contributed by atoms with Gasteiger partial charge in [0.05, 0.1) is 5.56 Å². The van der Waals surface area contributed by atoms with Crippen molar-refractivity contribution in [2.24, 2.45) is 0 Å². The molecule has 1 fully saturated rings. The highest BCUT2D eigenvalue weighted by atomic mass is 19.1. The van der Waals surface area contributed by atoms with Crippen molar-refractivity contribution in [2.45, 2.75) is 12.3 Å². The van der Waals surface area contributed by atoms with Gasteiger partial charge in [0, 0.05) is 25.2 Å². The Morgan fingerprint density at radius 3 is 2.75 bits per heavy atom. The summed E-state index contributed by atoms with van der Waals surface area (Å²) in [5.74, 6) is -0.630. The summed E-state index contributed by atoms with van der Waals surface area (Å²) in [5, 5.41) is 0. The van der Waals surface area contributed by atoms with Crippen LogP contribution in [0.1, 0.15) is 28.3 Å². The lowest BCUT2D eigenvalue weighted by Gasteiger charge is -2.16. The van der Waals surface area contributed by atoms with Crippen LogP contribution < -0.4 is 0 Å². The fraction of sp³-hybridized carbons (Fsp3) is 0.250. The van der Waals surface area contributed by atoms with Gasteiger partial charge in [0.15, 0.2) is 0 Å². The van der Waals surface area contributed by atoms with E-state index in [2.05, 4.69) is 17.1 Å². The molecule has 1 aliphatic heterocycles. The van der Waals surface area contributed by atoms with Crippen LogP contribution in [-0.4, -0.2) is 28.9 Å². The third-order valence-corrected chi connectivity index (χ3v) is 3.74. The monoisotopic (exact) mass is 270 g/mol. The Labute approximate surface area is 117 Å². The minimum absolute atomic E-state index is 0.0567. The molecule has 0 spiro atoms. The van der Waals surface area contributed by atoms with E-state index < -0.39 is 5.95 Å². The molecule has 0 N–H and O–H groups in total. The molecule has 1 unspecified atom stereocenters. The smallest absolute Gasteiger partial charge is 0.258 e. The van der Waals surface area contributed by atoms with Crippen LogP contribution in [0.2, 0.25) is 0 Å². The zero-order valence-corrected chi connectivity index (χ0v) is 11.0. The third-order valence-electron chi connectivity index (χ3n) is 3.74. The number of halogens is 1. The van der Waals surface area contributed by atoms with Crippen LogP contribution in [-0.2, 0) is 0 Å². The molecular weight excluding hydrogens is 255 g/mol. The van der Waals surface area contributed by atoms with Gasteiger partial charge in [-0.2, -0.15) is 4.39 Å². The maximum absolute atomic E-state index is 13.6. The molecule has 2 heterocycles. The first-order valence-corrected chi connectivity index (χ1v) is 6.70. The summed E-state index contributed by atoms with van der Waals surface area (Å²) in [6.07, 6.45) is 2.26. The van der Waals surface area contributed by atoms with Gasteiger partial charge in [-0.25, -0.2) is 4.98 Å². The molecule has 1 atom stereocenters. The lowest BCUT2D eigenvalue weighted by atomic mass is 9.99. The van der Waals surface area contributed by atoms with Crippen molar-refractivity contribution in [3.05, 3.63) is 65.7 Å². The number of amides is 1. The quantitative estimate of drug-likeness (QED) is 0.786. The topological polar surface area (TPSA) is 33.2 Å². The summed E-state index contributed by atoms with van der Waals surface area (Å²) in [7, 11) is 0. The predicted octanol–water partition coefficient (Wildman–Crippen LogP) is 2.85. The standard InChI is InChI=1S/C16H15FN2O/c17-15-14(7-4-9-18-15)16(20)19-10-8-13(11-19)12-5-2-1-3-6-12/h1-7,9,13H,8,10-11H2. The van der Waals surface area contributed by atoms with E-state index in [1.807, 2.05) is 18.2 Å². The lowest BCUT2D eigenvalue weighted by Crippen LogP contribution is -2.29. The molecule has 0 radical (unpaired) electrons. The number of nitrogens with zero attached hydrogens (tertiary/aromatic N) is 2. The van der Waals surface area contributed by atoms with Crippen LogP contribution in [0.4, 0.5) is 4.39 Å². The molecule has 1 aromatic heterocycles. The Morgan fingerprint density at radius 2 is 2.00 bits per heavy atom. The molecule has 1 amide bonds. The van der Waals surface area contributed by atoms with E-state index in [9.17, 15) is 9.18 Å². The summed E-state index contributed by atoms with van der Waals surface area (Å²) in [6.45, 7) is 1.30. The molecule has 20 heavy (non-hydrogen) atoms. The maximum atomic E-state index is 13.6. The summed E-state index contributed by atoms with van der Waals surface area (Å²) in [6, 6.07) is 13.2. The van der Waals surface area contributed by atoms with Crippen molar-refractivity contribution in [2.75, 3.05) is 13.1 Å². The Morgan fingerprint density at radius 1 is 1.20 bits per heavy atom. The number of pyridine rings is 1. The molecule has 4 heteroatoms. The van der Waals surface area contributed by atoms with Crippen LogP contribution in [0, 0.1) is 5.95 Å². The fourth-order valence-corrected chi connectivity index (χ4v) is 2.66. The molecule has 3 nitrogen and oxygen atoms in total. The molecule has 0 saturated carbocycles. The molecule has 2 aromatic rings. The highest BCUT2D eigenvalue weighted by molar-refractivity contribution is 5.94. The van der Waals surface area contributed by atoms with E-state index in [1.165, 1.54) is 17.8 Å². The highest BCUT2D eigenvalue weighted by Crippen LogP contribution is 2.28. The second-order valence-electron chi connectivity index (χ2n) is 4.99. The number of hydrogen-bond acceptors (Lipinski definition) is 2. The van der Waals surface area contributed by atoms with Crippen molar-refractivity contribution in [1.29, 1.82) is 0 Å². The van der Waals surface area contributed by atoms with Crippen LogP contribution >= 0.6 is 0 Å². The van der Waals surface area contributed by atoms with Gasteiger partial charge in [-0.3, -0.25) is 4.79 Å². The van der Waals surface area contributed by atoms with Crippen molar-refractivity contribution in [1.82, 2.24) is 9.88 Å². The fourth-order valence-electron chi connectivity index (χ4n) is 2.66. The van der Waals surface area contributed by atoms with Gasteiger partial charge >= 0.3 is 0 Å². The van der Waals surface area contributed by atoms with Crippen LogP contribution in [0.3, 0.4) is 0 Å². The van der Waals surface area contributed by atoms with Gasteiger partial charge in [-0.05, 0) is 24.1 Å². The maximum Gasteiger partial charge on any atom is 0.258 e. The molecule has 0 bridgehead atoms. The number of rotatable bonds is 2. The molecule has 0 aliphatic carbocycles. The van der Waals surface area contributed by atoms with Crippen molar-refractivity contribution in [3.63, 3.8) is 0 Å². The number of benzene rings is 1. The van der Waals surface area contributed by atoms with E-state index in [0.717, 1.165) is 6.42 Å². The van der Waals surface area contributed by atoms with Crippen molar-refractivity contribution in [3.8, 4) is 0 Å². The SMILES string of the molecule is O=C(c1cccnc1F)N1CCC(c2ccccc2)C1. The average Bonchev–Trinajstić information content (AvgIpc) is 2.98. The minimum atomic E-state index is -0.694. The lowest BCUT2D eigenvalue weighted by molar-refractivity contribution is 0.0785. The van der Waals surface area contributed by atoms with E-state index >= 15 is 0 Å². The van der Waals surface area contributed by atoms with E-state index in [4.69, 9.17) is 0 Å². The second-order valence-corrected chi connectivity index (χ2v) is 4.99. The highest BCUT2D eigenvalue weighted by Gasteiger charge is 2.29.